The smallest absolute Gasteiger partial charge is 0.0410 e. The Hall–Kier alpha value is 0.580. The third-order valence-electron chi connectivity index (χ3n) is 1.17. The standard InChI is InChI=1S/C4H11N3S2/c1-8-6-3-4-7(5-6)9-2/h5H,3-4H2,1-2H3. The van der Waals surface area contributed by atoms with Crippen molar-refractivity contribution < 1.29 is 0 Å². The summed E-state index contributed by atoms with van der Waals surface area (Å²) in [4.78, 5) is 0. The Labute approximate surface area is 64.4 Å². The van der Waals surface area contributed by atoms with Crippen molar-refractivity contribution in [3.8, 4) is 0 Å². The zero-order valence-corrected chi connectivity index (χ0v) is 7.26. The second-order valence-corrected chi connectivity index (χ2v) is 3.28. The number of nitrogens with zero attached hydrogens (tertiary/aromatic N) is 2. The number of rotatable bonds is 2. The fourth-order valence-electron chi connectivity index (χ4n) is 0.670. The van der Waals surface area contributed by atoms with Crippen molar-refractivity contribution in [1.29, 1.82) is 0 Å². The first-order valence-electron chi connectivity index (χ1n) is 2.76. The minimum atomic E-state index is 1.10. The van der Waals surface area contributed by atoms with E-state index in [1.165, 1.54) is 0 Å². The lowest BCUT2D eigenvalue weighted by atomic mass is 10.7. The molecular formula is C4H11N3S2. The van der Waals surface area contributed by atoms with Crippen LogP contribution in [0.4, 0.5) is 0 Å². The minimum Gasteiger partial charge on any atom is -0.172 e. The van der Waals surface area contributed by atoms with Crippen LogP contribution in [0.5, 0.6) is 0 Å². The van der Waals surface area contributed by atoms with Gasteiger partial charge in [0.1, 0.15) is 0 Å². The summed E-state index contributed by atoms with van der Waals surface area (Å²) in [6.45, 7) is 2.20. The van der Waals surface area contributed by atoms with E-state index in [1.807, 2.05) is 0 Å². The molecule has 1 rings (SSSR count). The van der Waals surface area contributed by atoms with Gasteiger partial charge in [0.15, 0.2) is 0 Å². The van der Waals surface area contributed by atoms with Crippen LogP contribution in [0.2, 0.25) is 0 Å². The van der Waals surface area contributed by atoms with E-state index in [2.05, 4.69) is 26.9 Å². The van der Waals surface area contributed by atoms with Crippen LogP contribution in [0.25, 0.3) is 0 Å². The van der Waals surface area contributed by atoms with Crippen LogP contribution >= 0.6 is 23.9 Å². The summed E-state index contributed by atoms with van der Waals surface area (Å²) in [5.41, 5.74) is 3.18. The first kappa shape index (κ1) is 7.68. The third kappa shape index (κ3) is 2.01. The maximum atomic E-state index is 3.18. The number of hydrazine groups is 2. The van der Waals surface area contributed by atoms with Crippen LogP contribution in [-0.4, -0.2) is 34.4 Å². The van der Waals surface area contributed by atoms with Gasteiger partial charge in [0, 0.05) is 13.1 Å². The van der Waals surface area contributed by atoms with Crippen LogP contribution in [0.3, 0.4) is 0 Å². The highest BCUT2D eigenvalue weighted by Gasteiger charge is 2.16. The van der Waals surface area contributed by atoms with E-state index in [-0.39, 0.29) is 0 Å². The van der Waals surface area contributed by atoms with E-state index in [1.54, 1.807) is 23.9 Å². The fraction of sp³-hybridized carbons (Fsp3) is 1.00. The molecule has 9 heavy (non-hydrogen) atoms. The van der Waals surface area contributed by atoms with Crippen LogP contribution in [0.15, 0.2) is 0 Å². The lowest BCUT2D eigenvalue weighted by Gasteiger charge is -2.13. The predicted octanol–water partition coefficient (Wildman–Crippen LogP) is 0.580. The predicted molar refractivity (Wildman–Crippen MR) is 43.6 cm³/mol. The summed E-state index contributed by atoms with van der Waals surface area (Å²) in [5, 5.41) is 0. The van der Waals surface area contributed by atoms with Gasteiger partial charge in [-0.15, -0.1) is 0 Å². The van der Waals surface area contributed by atoms with Gasteiger partial charge in [-0.3, -0.25) is 0 Å². The molecule has 1 saturated heterocycles. The third-order valence-corrected chi connectivity index (χ3v) is 2.58. The molecular weight excluding hydrogens is 154 g/mol. The van der Waals surface area contributed by atoms with Crippen molar-refractivity contribution in [2.45, 2.75) is 0 Å². The fourth-order valence-corrected chi connectivity index (χ4v) is 1.61. The van der Waals surface area contributed by atoms with Crippen molar-refractivity contribution in [1.82, 2.24) is 14.4 Å². The molecule has 1 N–H and O–H groups in total. The molecule has 0 unspecified atom stereocenters. The Balaban J connectivity index is 2.20. The number of nitrogens with one attached hydrogen (secondary N) is 1. The van der Waals surface area contributed by atoms with Gasteiger partial charge < -0.3 is 0 Å². The molecule has 0 aromatic rings. The summed E-state index contributed by atoms with van der Waals surface area (Å²) >= 11 is 3.44. The molecule has 0 atom stereocenters. The molecule has 54 valence electrons. The molecule has 0 aromatic heterocycles. The first-order valence-corrected chi connectivity index (χ1v) is 5.12. The van der Waals surface area contributed by atoms with Gasteiger partial charge in [0.25, 0.3) is 0 Å². The van der Waals surface area contributed by atoms with Gasteiger partial charge in [-0.1, -0.05) is 23.9 Å². The molecule has 0 aliphatic carbocycles. The number of hydrogen-bond donors (Lipinski definition) is 1. The Bertz CT molecular complexity index is 79.9. The summed E-state index contributed by atoms with van der Waals surface area (Å²) in [7, 11) is 0. The molecule has 0 bridgehead atoms. The zero-order valence-electron chi connectivity index (χ0n) is 5.63. The Morgan fingerprint density at radius 2 is 1.56 bits per heavy atom. The molecule has 1 heterocycles. The van der Waals surface area contributed by atoms with Crippen molar-refractivity contribution >= 4 is 23.9 Å². The molecule has 1 aliphatic heterocycles. The Morgan fingerprint density at radius 1 is 1.11 bits per heavy atom. The van der Waals surface area contributed by atoms with E-state index in [0.717, 1.165) is 13.1 Å². The summed E-state index contributed by atoms with van der Waals surface area (Å²) in [6.07, 6.45) is 4.13. The second kappa shape index (κ2) is 3.68. The molecule has 3 nitrogen and oxygen atoms in total. The van der Waals surface area contributed by atoms with Crippen LogP contribution in [0, 0.1) is 0 Å². The first-order chi connectivity index (χ1) is 4.36. The normalized spacial score (nSPS) is 23.3. The van der Waals surface area contributed by atoms with Gasteiger partial charge >= 0.3 is 0 Å². The SMILES string of the molecule is CSN1CCN(SC)N1. The van der Waals surface area contributed by atoms with E-state index >= 15 is 0 Å². The molecule has 1 aliphatic rings. The molecule has 0 aromatic carbocycles. The zero-order chi connectivity index (χ0) is 6.69. The van der Waals surface area contributed by atoms with Gasteiger partial charge in [0.2, 0.25) is 0 Å². The Morgan fingerprint density at radius 3 is 1.78 bits per heavy atom. The van der Waals surface area contributed by atoms with Crippen LogP contribution < -0.4 is 5.53 Å². The van der Waals surface area contributed by atoms with Crippen LogP contribution in [0.1, 0.15) is 0 Å². The van der Waals surface area contributed by atoms with E-state index in [0.29, 0.717) is 0 Å². The maximum Gasteiger partial charge on any atom is 0.0410 e. The van der Waals surface area contributed by atoms with Crippen LogP contribution in [-0.2, 0) is 0 Å². The molecule has 5 heteroatoms. The monoisotopic (exact) mass is 165 g/mol. The molecule has 0 amide bonds. The second-order valence-electron chi connectivity index (χ2n) is 1.67. The molecule has 0 saturated carbocycles. The summed E-state index contributed by atoms with van der Waals surface area (Å²) in [6, 6.07) is 0. The minimum absolute atomic E-state index is 1.10. The topological polar surface area (TPSA) is 18.5 Å². The van der Waals surface area contributed by atoms with E-state index < -0.39 is 0 Å². The lowest BCUT2D eigenvalue weighted by molar-refractivity contribution is 0.322. The Kier molecular flexibility index (Phi) is 3.14. The van der Waals surface area contributed by atoms with Crippen molar-refractivity contribution in [2.24, 2.45) is 0 Å². The van der Waals surface area contributed by atoms with Crippen molar-refractivity contribution in [3.05, 3.63) is 0 Å². The largest absolute Gasteiger partial charge is 0.172 e. The van der Waals surface area contributed by atoms with Gasteiger partial charge in [-0.25, -0.2) is 0 Å². The molecule has 0 radical (unpaired) electrons. The summed E-state index contributed by atoms with van der Waals surface area (Å²) in [5.74, 6) is 0. The summed E-state index contributed by atoms with van der Waals surface area (Å²) < 4.78 is 4.22. The van der Waals surface area contributed by atoms with Crippen molar-refractivity contribution in [3.63, 3.8) is 0 Å². The highest BCUT2D eigenvalue weighted by Crippen LogP contribution is 2.12. The quantitative estimate of drug-likeness (QED) is 0.602. The average molecular weight is 165 g/mol. The van der Waals surface area contributed by atoms with Gasteiger partial charge in [-0.05, 0) is 12.5 Å². The molecule has 0 spiro atoms. The number of hydrogen-bond acceptors (Lipinski definition) is 5. The van der Waals surface area contributed by atoms with Gasteiger partial charge in [-0.2, -0.15) is 14.4 Å². The van der Waals surface area contributed by atoms with Gasteiger partial charge in [0.05, 0.1) is 0 Å². The lowest BCUT2D eigenvalue weighted by Crippen LogP contribution is -2.30. The van der Waals surface area contributed by atoms with E-state index in [4.69, 9.17) is 0 Å². The maximum absolute atomic E-state index is 3.18. The highest BCUT2D eigenvalue weighted by molar-refractivity contribution is 7.97. The highest BCUT2D eigenvalue weighted by atomic mass is 32.2. The molecule has 1 fully saturated rings. The van der Waals surface area contributed by atoms with E-state index in [9.17, 15) is 0 Å². The van der Waals surface area contributed by atoms with Crippen molar-refractivity contribution in [2.75, 3.05) is 25.6 Å². The average Bonchev–Trinajstić information content (AvgIpc) is 2.34.